The van der Waals surface area contributed by atoms with E-state index in [4.69, 9.17) is 0 Å². The quantitative estimate of drug-likeness (QED) is 0.802. The van der Waals surface area contributed by atoms with Gasteiger partial charge in [0.1, 0.15) is 11.5 Å². The van der Waals surface area contributed by atoms with Gasteiger partial charge in [0.25, 0.3) is 5.91 Å². The second-order valence-electron chi connectivity index (χ2n) is 5.20. The number of phenolic OH excluding ortho intramolecular Hbond substituents is 2. The summed E-state index contributed by atoms with van der Waals surface area (Å²) in [5.74, 6) is 0.742. The predicted molar refractivity (Wildman–Crippen MR) is 68.6 cm³/mol. The smallest absolute Gasteiger partial charge is 0.257 e. The summed E-state index contributed by atoms with van der Waals surface area (Å²) < 4.78 is 0. The summed E-state index contributed by atoms with van der Waals surface area (Å²) in [6.07, 6.45) is 0.992. The molecule has 2 unspecified atom stereocenters. The molecule has 0 aliphatic carbocycles. The fraction of sp³-hybridized carbons (Fsp3) is 0.500. The van der Waals surface area contributed by atoms with Crippen LogP contribution >= 0.6 is 0 Å². The number of hydrogen-bond donors (Lipinski definition) is 2. The second kappa shape index (κ2) is 4.88. The minimum Gasteiger partial charge on any atom is -0.508 e. The summed E-state index contributed by atoms with van der Waals surface area (Å²) in [6, 6.07) is 4.09. The Bertz CT molecular complexity index is 458. The van der Waals surface area contributed by atoms with Gasteiger partial charge in [-0.1, -0.05) is 13.8 Å². The van der Waals surface area contributed by atoms with E-state index in [9.17, 15) is 15.0 Å². The van der Waals surface area contributed by atoms with Crippen LogP contribution in [0.15, 0.2) is 18.2 Å². The SMILES string of the molecule is CC1CCN(C(=O)c2ccc(O)cc2O)CC1C. The molecule has 0 saturated carbocycles. The van der Waals surface area contributed by atoms with Crippen LogP contribution < -0.4 is 0 Å². The van der Waals surface area contributed by atoms with Crippen LogP contribution in [-0.4, -0.2) is 34.1 Å². The molecule has 2 N–H and O–H groups in total. The number of benzene rings is 1. The topological polar surface area (TPSA) is 60.8 Å². The Hall–Kier alpha value is -1.71. The van der Waals surface area contributed by atoms with Crippen molar-refractivity contribution >= 4 is 5.91 Å². The van der Waals surface area contributed by atoms with E-state index < -0.39 is 0 Å². The Kier molecular flexibility index (Phi) is 3.45. The number of nitrogens with zero attached hydrogens (tertiary/aromatic N) is 1. The summed E-state index contributed by atoms with van der Waals surface area (Å²) in [4.78, 5) is 14.0. The predicted octanol–water partition coefficient (Wildman–Crippen LogP) is 2.22. The van der Waals surface area contributed by atoms with Crippen molar-refractivity contribution in [2.45, 2.75) is 20.3 Å². The maximum atomic E-state index is 12.3. The monoisotopic (exact) mass is 249 g/mol. The Balaban J connectivity index is 2.16. The zero-order valence-corrected chi connectivity index (χ0v) is 10.8. The van der Waals surface area contributed by atoms with Gasteiger partial charge >= 0.3 is 0 Å². The molecule has 1 aliphatic heterocycles. The molecule has 1 saturated heterocycles. The molecule has 18 heavy (non-hydrogen) atoms. The zero-order chi connectivity index (χ0) is 13.3. The van der Waals surface area contributed by atoms with Crippen LogP contribution in [0.5, 0.6) is 11.5 Å². The Morgan fingerprint density at radius 3 is 2.61 bits per heavy atom. The van der Waals surface area contributed by atoms with Crippen molar-refractivity contribution in [2.24, 2.45) is 11.8 Å². The number of likely N-dealkylation sites (tertiary alicyclic amines) is 1. The van der Waals surface area contributed by atoms with Crippen LogP contribution in [0.2, 0.25) is 0 Å². The maximum Gasteiger partial charge on any atom is 0.257 e. The number of aromatic hydroxyl groups is 2. The van der Waals surface area contributed by atoms with E-state index in [0.29, 0.717) is 11.8 Å². The average Bonchev–Trinajstić information content (AvgIpc) is 2.32. The van der Waals surface area contributed by atoms with Gasteiger partial charge in [0, 0.05) is 19.2 Å². The molecular formula is C14H19NO3. The van der Waals surface area contributed by atoms with Crippen LogP contribution in [0, 0.1) is 11.8 Å². The molecule has 0 spiro atoms. The molecule has 98 valence electrons. The molecule has 1 aromatic carbocycles. The third kappa shape index (κ3) is 2.42. The lowest BCUT2D eigenvalue weighted by Crippen LogP contribution is -2.42. The molecule has 0 bridgehead atoms. The van der Waals surface area contributed by atoms with Crippen LogP contribution in [0.1, 0.15) is 30.6 Å². The van der Waals surface area contributed by atoms with Crippen molar-refractivity contribution in [3.8, 4) is 11.5 Å². The van der Waals surface area contributed by atoms with Crippen LogP contribution in [0.4, 0.5) is 0 Å². The molecule has 1 amide bonds. The van der Waals surface area contributed by atoms with Gasteiger partial charge in [-0.15, -0.1) is 0 Å². The van der Waals surface area contributed by atoms with Crippen molar-refractivity contribution in [1.29, 1.82) is 0 Å². The first-order valence-corrected chi connectivity index (χ1v) is 6.30. The standard InChI is InChI=1S/C14H19NO3/c1-9-5-6-15(8-10(9)2)14(18)12-4-3-11(16)7-13(12)17/h3-4,7,9-10,16-17H,5-6,8H2,1-2H3. The Labute approximate surface area is 107 Å². The first-order valence-electron chi connectivity index (χ1n) is 6.30. The number of rotatable bonds is 1. The highest BCUT2D eigenvalue weighted by molar-refractivity contribution is 5.97. The van der Waals surface area contributed by atoms with E-state index in [1.165, 1.54) is 18.2 Å². The van der Waals surface area contributed by atoms with E-state index in [0.717, 1.165) is 19.5 Å². The van der Waals surface area contributed by atoms with Crippen molar-refractivity contribution < 1.29 is 15.0 Å². The lowest BCUT2D eigenvalue weighted by molar-refractivity contribution is 0.0624. The van der Waals surface area contributed by atoms with Crippen molar-refractivity contribution in [1.82, 2.24) is 4.90 Å². The van der Waals surface area contributed by atoms with Crippen molar-refractivity contribution in [3.05, 3.63) is 23.8 Å². The lowest BCUT2D eigenvalue weighted by atomic mass is 9.88. The van der Waals surface area contributed by atoms with Crippen molar-refractivity contribution in [3.63, 3.8) is 0 Å². The normalized spacial score (nSPS) is 24.0. The number of carbonyl (C=O) groups excluding carboxylic acids is 1. The third-order valence-electron chi connectivity index (χ3n) is 3.83. The number of piperidine rings is 1. The molecule has 1 heterocycles. The molecule has 4 heteroatoms. The van der Waals surface area contributed by atoms with Gasteiger partial charge in [0.2, 0.25) is 0 Å². The van der Waals surface area contributed by atoms with Gasteiger partial charge in [-0.25, -0.2) is 0 Å². The number of amides is 1. The fourth-order valence-corrected chi connectivity index (χ4v) is 2.32. The fourth-order valence-electron chi connectivity index (χ4n) is 2.32. The average molecular weight is 249 g/mol. The molecule has 0 radical (unpaired) electrons. The maximum absolute atomic E-state index is 12.3. The summed E-state index contributed by atoms with van der Waals surface area (Å²) in [7, 11) is 0. The van der Waals surface area contributed by atoms with Gasteiger partial charge in [0.15, 0.2) is 0 Å². The van der Waals surface area contributed by atoms with Gasteiger partial charge in [-0.3, -0.25) is 4.79 Å². The van der Waals surface area contributed by atoms with E-state index in [2.05, 4.69) is 13.8 Å². The Morgan fingerprint density at radius 2 is 2.00 bits per heavy atom. The molecular weight excluding hydrogens is 230 g/mol. The van der Waals surface area contributed by atoms with Gasteiger partial charge in [0.05, 0.1) is 5.56 Å². The Morgan fingerprint density at radius 1 is 1.28 bits per heavy atom. The highest BCUT2D eigenvalue weighted by atomic mass is 16.3. The van der Waals surface area contributed by atoms with Crippen LogP contribution in [0.3, 0.4) is 0 Å². The second-order valence-corrected chi connectivity index (χ2v) is 5.20. The first-order chi connectivity index (χ1) is 8.49. The summed E-state index contributed by atoms with van der Waals surface area (Å²) >= 11 is 0. The molecule has 4 nitrogen and oxygen atoms in total. The minimum atomic E-state index is -0.161. The van der Waals surface area contributed by atoms with E-state index in [1.54, 1.807) is 4.90 Å². The highest BCUT2D eigenvalue weighted by Crippen LogP contribution is 2.27. The molecule has 1 fully saturated rings. The van der Waals surface area contributed by atoms with Crippen molar-refractivity contribution in [2.75, 3.05) is 13.1 Å². The highest BCUT2D eigenvalue weighted by Gasteiger charge is 2.27. The molecule has 2 rings (SSSR count). The third-order valence-corrected chi connectivity index (χ3v) is 3.83. The summed E-state index contributed by atoms with van der Waals surface area (Å²) in [5, 5.41) is 18.9. The molecule has 1 aromatic rings. The van der Waals surface area contributed by atoms with Gasteiger partial charge < -0.3 is 15.1 Å². The first kappa shape index (κ1) is 12.7. The summed E-state index contributed by atoms with van der Waals surface area (Å²) in [5.41, 5.74) is 0.259. The summed E-state index contributed by atoms with van der Waals surface area (Å²) in [6.45, 7) is 5.79. The number of phenols is 2. The molecule has 2 atom stereocenters. The van der Waals surface area contributed by atoms with Crippen LogP contribution in [0.25, 0.3) is 0 Å². The minimum absolute atomic E-state index is 0.0373. The van der Waals surface area contributed by atoms with Gasteiger partial charge in [-0.2, -0.15) is 0 Å². The molecule has 1 aliphatic rings. The largest absolute Gasteiger partial charge is 0.508 e. The van der Waals surface area contributed by atoms with E-state index >= 15 is 0 Å². The number of hydrogen-bond acceptors (Lipinski definition) is 3. The van der Waals surface area contributed by atoms with Gasteiger partial charge in [-0.05, 0) is 30.4 Å². The molecule has 0 aromatic heterocycles. The zero-order valence-electron chi connectivity index (χ0n) is 10.8. The van der Waals surface area contributed by atoms with Crippen LogP contribution in [-0.2, 0) is 0 Å². The van der Waals surface area contributed by atoms with E-state index in [1.807, 2.05) is 0 Å². The lowest BCUT2D eigenvalue weighted by Gasteiger charge is -2.35. The number of carbonyl (C=O) groups is 1. The van der Waals surface area contributed by atoms with E-state index in [-0.39, 0.29) is 23.0 Å².